The molecule has 0 aromatic heterocycles. The maximum absolute atomic E-state index is 6.01. The van der Waals surface area contributed by atoms with Crippen molar-refractivity contribution in [1.82, 2.24) is 0 Å². The van der Waals surface area contributed by atoms with Gasteiger partial charge in [-0.05, 0) is 39.0 Å². The van der Waals surface area contributed by atoms with Crippen LogP contribution in [0.5, 0.6) is 0 Å². The molecule has 1 saturated carbocycles. The van der Waals surface area contributed by atoms with Crippen LogP contribution >= 0.6 is 0 Å². The van der Waals surface area contributed by atoms with E-state index in [1.54, 1.807) is 0 Å². The van der Waals surface area contributed by atoms with Crippen molar-refractivity contribution in [3.05, 3.63) is 0 Å². The largest absolute Gasteiger partial charge is 0.378 e. The first-order valence-electron chi connectivity index (χ1n) is 5.04. The molecule has 1 aliphatic carbocycles. The van der Waals surface area contributed by atoms with Crippen LogP contribution < -0.4 is 5.73 Å². The van der Waals surface area contributed by atoms with Gasteiger partial charge in [0, 0.05) is 12.1 Å². The molecule has 0 aromatic rings. The Morgan fingerprint density at radius 2 is 2.00 bits per heavy atom. The lowest BCUT2D eigenvalue weighted by atomic mass is 9.83. The van der Waals surface area contributed by atoms with Crippen molar-refractivity contribution in [2.24, 2.45) is 5.73 Å². The summed E-state index contributed by atoms with van der Waals surface area (Å²) in [7, 11) is 0. The van der Waals surface area contributed by atoms with Crippen molar-refractivity contribution < 1.29 is 4.74 Å². The van der Waals surface area contributed by atoms with Gasteiger partial charge in [-0.1, -0.05) is 6.92 Å². The van der Waals surface area contributed by atoms with E-state index in [0.29, 0.717) is 6.10 Å². The molecule has 0 saturated heterocycles. The van der Waals surface area contributed by atoms with Crippen molar-refractivity contribution in [2.75, 3.05) is 6.61 Å². The summed E-state index contributed by atoms with van der Waals surface area (Å²) in [5, 5.41) is 0. The lowest BCUT2D eigenvalue weighted by Crippen LogP contribution is -2.41. The molecule has 1 fully saturated rings. The lowest BCUT2D eigenvalue weighted by molar-refractivity contribution is 0.0159. The van der Waals surface area contributed by atoms with Gasteiger partial charge >= 0.3 is 0 Å². The third-order valence-electron chi connectivity index (χ3n) is 2.63. The molecule has 72 valence electrons. The van der Waals surface area contributed by atoms with Gasteiger partial charge < -0.3 is 10.5 Å². The molecule has 0 atom stereocenters. The van der Waals surface area contributed by atoms with Gasteiger partial charge in [0.2, 0.25) is 0 Å². The van der Waals surface area contributed by atoms with Crippen molar-refractivity contribution in [2.45, 2.75) is 57.6 Å². The Labute approximate surface area is 75.5 Å². The van der Waals surface area contributed by atoms with Crippen molar-refractivity contribution >= 4 is 0 Å². The molecule has 0 amide bonds. The Kier molecular flexibility index (Phi) is 3.53. The average Bonchev–Trinajstić information content (AvgIpc) is 2.03. The molecular weight excluding hydrogens is 150 g/mol. The third-order valence-corrected chi connectivity index (χ3v) is 2.63. The van der Waals surface area contributed by atoms with E-state index >= 15 is 0 Å². The maximum atomic E-state index is 6.01. The zero-order valence-electron chi connectivity index (χ0n) is 8.31. The van der Waals surface area contributed by atoms with Gasteiger partial charge in [0.15, 0.2) is 0 Å². The van der Waals surface area contributed by atoms with E-state index in [-0.39, 0.29) is 5.54 Å². The summed E-state index contributed by atoms with van der Waals surface area (Å²) >= 11 is 0. The van der Waals surface area contributed by atoms with Gasteiger partial charge in [-0.15, -0.1) is 0 Å². The molecule has 12 heavy (non-hydrogen) atoms. The fourth-order valence-corrected chi connectivity index (χ4v) is 1.70. The fourth-order valence-electron chi connectivity index (χ4n) is 1.70. The van der Waals surface area contributed by atoms with E-state index in [9.17, 15) is 0 Å². The normalized spacial score (nSPS) is 36.8. The summed E-state index contributed by atoms with van der Waals surface area (Å²) in [4.78, 5) is 0. The second kappa shape index (κ2) is 4.24. The minimum Gasteiger partial charge on any atom is -0.378 e. The van der Waals surface area contributed by atoms with E-state index < -0.39 is 0 Å². The number of rotatable bonds is 3. The topological polar surface area (TPSA) is 35.2 Å². The van der Waals surface area contributed by atoms with Crippen LogP contribution in [0.15, 0.2) is 0 Å². The van der Waals surface area contributed by atoms with Crippen molar-refractivity contribution in [3.63, 3.8) is 0 Å². The van der Waals surface area contributed by atoms with Gasteiger partial charge in [0.25, 0.3) is 0 Å². The second-order valence-corrected chi connectivity index (χ2v) is 4.22. The highest BCUT2D eigenvalue weighted by atomic mass is 16.5. The van der Waals surface area contributed by atoms with E-state index in [2.05, 4.69) is 13.8 Å². The predicted molar refractivity (Wildman–Crippen MR) is 51.1 cm³/mol. The van der Waals surface area contributed by atoms with Crippen LogP contribution in [0.1, 0.15) is 46.0 Å². The smallest absolute Gasteiger partial charge is 0.0576 e. The van der Waals surface area contributed by atoms with Crippen LogP contribution in [-0.2, 0) is 4.74 Å². The highest BCUT2D eigenvalue weighted by molar-refractivity contribution is 4.85. The average molecular weight is 171 g/mol. The second-order valence-electron chi connectivity index (χ2n) is 4.22. The first kappa shape index (κ1) is 10.0. The van der Waals surface area contributed by atoms with Gasteiger partial charge in [0.1, 0.15) is 0 Å². The number of ether oxygens (including phenoxy) is 1. The molecule has 0 spiro atoms. The number of nitrogens with two attached hydrogens (primary N) is 1. The molecule has 0 unspecified atom stereocenters. The minimum absolute atomic E-state index is 0.0755. The van der Waals surface area contributed by atoms with Gasteiger partial charge in [-0.2, -0.15) is 0 Å². The zero-order valence-corrected chi connectivity index (χ0v) is 8.31. The van der Waals surface area contributed by atoms with E-state index in [1.807, 2.05) is 0 Å². The van der Waals surface area contributed by atoms with Gasteiger partial charge in [-0.3, -0.25) is 0 Å². The van der Waals surface area contributed by atoms with Crippen LogP contribution in [0.4, 0.5) is 0 Å². The SMILES string of the molecule is CCCO[C@H]1CC[C@@](C)(N)CC1. The molecule has 0 aliphatic heterocycles. The monoisotopic (exact) mass is 171 g/mol. The lowest BCUT2D eigenvalue weighted by Gasteiger charge is -2.33. The molecule has 0 heterocycles. The molecule has 0 radical (unpaired) electrons. The fraction of sp³-hybridized carbons (Fsp3) is 1.00. The van der Waals surface area contributed by atoms with Crippen LogP contribution in [0.2, 0.25) is 0 Å². The quantitative estimate of drug-likeness (QED) is 0.705. The molecule has 2 nitrogen and oxygen atoms in total. The van der Waals surface area contributed by atoms with Crippen LogP contribution in [0.3, 0.4) is 0 Å². The molecular formula is C10H21NO. The van der Waals surface area contributed by atoms with E-state index in [4.69, 9.17) is 10.5 Å². The highest BCUT2D eigenvalue weighted by Gasteiger charge is 2.27. The Morgan fingerprint density at radius 3 is 2.50 bits per heavy atom. The van der Waals surface area contributed by atoms with E-state index in [1.165, 1.54) is 0 Å². The molecule has 2 heteroatoms. The molecule has 0 bridgehead atoms. The summed E-state index contributed by atoms with van der Waals surface area (Å²) in [6.45, 7) is 5.20. The maximum Gasteiger partial charge on any atom is 0.0576 e. The van der Waals surface area contributed by atoms with Crippen molar-refractivity contribution in [3.8, 4) is 0 Å². The summed E-state index contributed by atoms with van der Waals surface area (Å²) < 4.78 is 5.67. The van der Waals surface area contributed by atoms with Crippen LogP contribution in [0.25, 0.3) is 0 Å². The summed E-state index contributed by atoms with van der Waals surface area (Å²) in [5.74, 6) is 0. The summed E-state index contributed by atoms with van der Waals surface area (Å²) in [6.07, 6.45) is 6.13. The standard InChI is InChI=1S/C10H21NO/c1-3-8-12-9-4-6-10(2,11)7-5-9/h9H,3-8,11H2,1-2H3/t9-,10+. The molecule has 1 rings (SSSR count). The highest BCUT2D eigenvalue weighted by Crippen LogP contribution is 2.27. The van der Waals surface area contributed by atoms with E-state index in [0.717, 1.165) is 38.7 Å². The Bertz CT molecular complexity index is 124. The first-order valence-corrected chi connectivity index (χ1v) is 5.04. The van der Waals surface area contributed by atoms with Crippen LogP contribution in [0, 0.1) is 0 Å². The predicted octanol–water partition coefficient (Wildman–Crippen LogP) is 2.07. The minimum atomic E-state index is 0.0755. The Morgan fingerprint density at radius 1 is 1.42 bits per heavy atom. The van der Waals surface area contributed by atoms with Crippen molar-refractivity contribution in [1.29, 1.82) is 0 Å². The summed E-state index contributed by atoms with van der Waals surface area (Å²) in [6, 6.07) is 0. The number of hydrogen-bond acceptors (Lipinski definition) is 2. The number of hydrogen-bond donors (Lipinski definition) is 1. The molecule has 1 aliphatic rings. The Balaban J connectivity index is 2.18. The zero-order chi connectivity index (χ0) is 9.03. The van der Waals surface area contributed by atoms with Crippen LogP contribution in [-0.4, -0.2) is 18.2 Å². The van der Waals surface area contributed by atoms with Gasteiger partial charge in [0.05, 0.1) is 6.10 Å². The summed E-state index contributed by atoms with van der Waals surface area (Å²) in [5.41, 5.74) is 6.09. The molecule has 2 N–H and O–H groups in total. The first-order chi connectivity index (χ1) is 5.64. The Hall–Kier alpha value is -0.0800. The molecule has 0 aromatic carbocycles. The van der Waals surface area contributed by atoms with Gasteiger partial charge in [-0.25, -0.2) is 0 Å². The third kappa shape index (κ3) is 3.11.